The first-order valence-electron chi connectivity index (χ1n) is 8.48. The number of esters is 1. The summed E-state index contributed by atoms with van der Waals surface area (Å²) >= 11 is 0. The summed E-state index contributed by atoms with van der Waals surface area (Å²) in [7, 11) is -3.08. The van der Waals surface area contributed by atoms with E-state index in [2.05, 4.69) is 5.32 Å². The van der Waals surface area contributed by atoms with Gasteiger partial charge in [0.25, 0.3) is 5.91 Å². The molecule has 1 N–H and O–H groups in total. The molecule has 1 aliphatic rings. The van der Waals surface area contributed by atoms with Crippen LogP contribution in [0.15, 0.2) is 12.1 Å². The maximum absolute atomic E-state index is 12.0. The van der Waals surface area contributed by atoms with Crippen molar-refractivity contribution in [2.45, 2.75) is 46.3 Å². The lowest BCUT2D eigenvalue weighted by Gasteiger charge is -2.17. The molecule has 0 aliphatic carbocycles. The van der Waals surface area contributed by atoms with Gasteiger partial charge in [0.05, 0.1) is 11.5 Å². The lowest BCUT2D eigenvalue weighted by Crippen LogP contribution is -2.43. The van der Waals surface area contributed by atoms with Gasteiger partial charge in [-0.3, -0.25) is 4.79 Å². The lowest BCUT2D eigenvalue weighted by molar-refractivity contribution is -0.156. The summed E-state index contributed by atoms with van der Waals surface area (Å²) in [6.45, 7) is 6.91. The minimum absolute atomic E-state index is 0.0647. The van der Waals surface area contributed by atoms with E-state index in [1.807, 2.05) is 32.9 Å². The Bertz CT molecular complexity index is 779. The third-order valence-electron chi connectivity index (χ3n) is 4.20. The third kappa shape index (κ3) is 5.45. The van der Waals surface area contributed by atoms with Gasteiger partial charge in [-0.1, -0.05) is 17.7 Å². The highest BCUT2D eigenvalue weighted by Crippen LogP contribution is 2.24. The zero-order valence-electron chi connectivity index (χ0n) is 15.5. The number of nitrogens with one attached hydrogen (secondary N) is 1. The molecule has 1 saturated heterocycles. The summed E-state index contributed by atoms with van der Waals surface area (Å²) in [5.41, 5.74) is 2.95. The molecule has 1 heterocycles. The number of amides is 1. The molecular formula is C18H25NO6S. The van der Waals surface area contributed by atoms with E-state index >= 15 is 0 Å². The Morgan fingerprint density at radius 2 is 1.85 bits per heavy atom. The molecule has 7 nitrogen and oxygen atoms in total. The van der Waals surface area contributed by atoms with Gasteiger partial charge in [0.1, 0.15) is 5.75 Å². The van der Waals surface area contributed by atoms with E-state index in [9.17, 15) is 18.0 Å². The van der Waals surface area contributed by atoms with Gasteiger partial charge in [-0.05, 0) is 45.2 Å². The molecule has 1 aromatic carbocycles. The van der Waals surface area contributed by atoms with Gasteiger partial charge in [-0.2, -0.15) is 0 Å². The van der Waals surface area contributed by atoms with Gasteiger partial charge in [-0.25, -0.2) is 13.2 Å². The van der Waals surface area contributed by atoms with Crippen LogP contribution in [-0.2, 0) is 24.2 Å². The Hall–Kier alpha value is -2.09. The van der Waals surface area contributed by atoms with Crippen molar-refractivity contribution in [3.8, 4) is 5.75 Å². The smallest absolute Gasteiger partial charge is 0.344 e. The number of carbonyl (C=O) groups excluding carboxylic acids is 2. The third-order valence-corrected chi connectivity index (χ3v) is 5.96. The zero-order valence-corrected chi connectivity index (χ0v) is 16.3. The summed E-state index contributed by atoms with van der Waals surface area (Å²) in [6, 6.07) is 3.49. The second-order valence-corrected chi connectivity index (χ2v) is 8.99. The molecule has 1 amide bonds. The van der Waals surface area contributed by atoms with E-state index in [1.165, 1.54) is 6.92 Å². The molecule has 1 aromatic rings. The van der Waals surface area contributed by atoms with Crippen LogP contribution in [0.2, 0.25) is 0 Å². The average molecular weight is 383 g/mol. The van der Waals surface area contributed by atoms with E-state index < -0.39 is 33.9 Å². The van der Waals surface area contributed by atoms with Crippen molar-refractivity contribution in [3.05, 3.63) is 28.8 Å². The largest absolute Gasteiger partial charge is 0.481 e. The maximum Gasteiger partial charge on any atom is 0.344 e. The summed E-state index contributed by atoms with van der Waals surface area (Å²) in [4.78, 5) is 24.0. The van der Waals surface area contributed by atoms with Gasteiger partial charge in [0.15, 0.2) is 22.5 Å². The van der Waals surface area contributed by atoms with Crippen LogP contribution in [0.1, 0.15) is 30.0 Å². The molecule has 0 aromatic heterocycles. The van der Waals surface area contributed by atoms with Crippen LogP contribution in [0.3, 0.4) is 0 Å². The van der Waals surface area contributed by atoms with Crippen LogP contribution in [0.25, 0.3) is 0 Å². The van der Waals surface area contributed by atoms with Crippen molar-refractivity contribution in [2.24, 2.45) is 0 Å². The summed E-state index contributed by atoms with van der Waals surface area (Å²) in [5.74, 6) is -0.556. The Labute approximate surface area is 154 Å². The van der Waals surface area contributed by atoms with Gasteiger partial charge < -0.3 is 14.8 Å². The van der Waals surface area contributed by atoms with Crippen molar-refractivity contribution >= 4 is 21.7 Å². The minimum atomic E-state index is -3.08. The summed E-state index contributed by atoms with van der Waals surface area (Å²) < 4.78 is 33.4. The van der Waals surface area contributed by atoms with Gasteiger partial charge in [0, 0.05) is 6.04 Å². The number of benzene rings is 1. The van der Waals surface area contributed by atoms with Crippen LogP contribution in [-0.4, -0.2) is 50.6 Å². The molecule has 2 atom stereocenters. The number of hydrogen-bond donors (Lipinski definition) is 1. The fraction of sp³-hybridized carbons (Fsp3) is 0.556. The highest BCUT2D eigenvalue weighted by Gasteiger charge is 2.30. The normalized spacial score (nSPS) is 19.6. The highest BCUT2D eigenvalue weighted by molar-refractivity contribution is 7.91. The predicted molar refractivity (Wildman–Crippen MR) is 96.9 cm³/mol. The van der Waals surface area contributed by atoms with Crippen molar-refractivity contribution in [1.82, 2.24) is 5.32 Å². The van der Waals surface area contributed by atoms with Gasteiger partial charge in [-0.15, -0.1) is 0 Å². The number of ether oxygens (including phenoxy) is 2. The van der Waals surface area contributed by atoms with E-state index in [-0.39, 0.29) is 18.1 Å². The fourth-order valence-electron chi connectivity index (χ4n) is 3.04. The quantitative estimate of drug-likeness (QED) is 0.742. The molecule has 1 aliphatic heterocycles. The van der Waals surface area contributed by atoms with E-state index in [0.29, 0.717) is 12.2 Å². The molecule has 0 radical (unpaired) electrons. The molecule has 0 bridgehead atoms. The first-order chi connectivity index (χ1) is 12.1. The summed E-state index contributed by atoms with van der Waals surface area (Å²) in [5, 5.41) is 2.60. The molecule has 2 rings (SSSR count). The van der Waals surface area contributed by atoms with E-state index in [4.69, 9.17) is 9.47 Å². The van der Waals surface area contributed by atoms with Crippen LogP contribution in [0.5, 0.6) is 5.75 Å². The number of aryl methyl sites for hydroxylation is 3. The molecule has 8 heteroatoms. The van der Waals surface area contributed by atoms with Crippen LogP contribution in [0.4, 0.5) is 0 Å². The number of carbonyl (C=O) groups is 2. The Morgan fingerprint density at radius 3 is 2.38 bits per heavy atom. The monoisotopic (exact) mass is 383 g/mol. The summed E-state index contributed by atoms with van der Waals surface area (Å²) in [6.07, 6.45) is -0.640. The Morgan fingerprint density at radius 1 is 1.23 bits per heavy atom. The Balaban J connectivity index is 1.83. The SMILES string of the molecule is Cc1cc(C)c(OCC(=O)O[C@@H](C)C(=O)N[C@@H]2CCS(=O)(=O)C2)c(C)c1. The standard InChI is InChI=1S/C18H25NO6S/c1-11-7-12(2)17(13(3)8-11)24-9-16(20)25-14(4)18(21)19-15-5-6-26(22,23)10-15/h7-8,14-15H,5-6,9-10H2,1-4H3,(H,19,21)/t14-,15+/m0/s1. The number of rotatable bonds is 6. The van der Waals surface area contributed by atoms with E-state index in [0.717, 1.165) is 16.7 Å². The zero-order chi connectivity index (χ0) is 19.5. The molecule has 144 valence electrons. The topological polar surface area (TPSA) is 98.8 Å². The van der Waals surface area contributed by atoms with Crippen molar-refractivity contribution in [2.75, 3.05) is 18.1 Å². The maximum atomic E-state index is 12.0. The predicted octanol–water partition coefficient (Wildman–Crippen LogP) is 1.23. The first-order valence-corrected chi connectivity index (χ1v) is 10.3. The second kappa shape index (κ2) is 8.07. The molecule has 1 fully saturated rings. The fourth-order valence-corrected chi connectivity index (χ4v) is 4.71. The molecule has 0 spiro atoms. The number of sulfone groups is 1. The minimum Gasteiger partial charge on any atom is -0.481 e. The van der Waals surface area contributed by atoms with Gasteiger partial charge in [0.2, 0.25) is 0 Å². The molecular weight excluding hydrogens is 358 g/mol. The molecule has 26 heavy (non-hydrogen) atoms. The highest BCUT2D eigenvalue weighted by atomic mass is 32.2. The van der Waals surface area contributed by atoms with Crippen molar-refractivity contribution in [3.63, 3.8) is 0 Å². The first kappa shape index (κ1) is 20.2. The number of hydrogen-bond acceptors (Lipinski definition) is 6. The second-order valence-electron chi connectivity index (χ2n) is 6.76. The Kier molecular flexibility index (Phi) is 6.28. The van der Waals surface area contributed by atoms with Crippen molar-refractivity contribution < 1.29 is 27.5 Å². The van der Waals surface area contributed by atoms with Gasteiger partial charge >= 0.3 is 5.97 Å². The van der Waals surface area contributed by atoms with Crippen LogP contribution in [0, 0.1) is 20.8 Å². The average Bonchev–Trinajstić information content (AvgIpc) is 2.84. The van der Waals surface area contributed by atoms with Crippen molar-refractivity contribution in [1.29, 1.82) is 0 Å². The van der Waals surface area contributed by atoms with Crippen LogP contribution >= 0.6 is 0 Å². The molecule has 0 unspecified atom stereocenters. The van der Waals surface area contributed by atoms with E-state index in [1.54, 1.807) is 0 Å². The molecule has 0 saturated carbocycles. The lowest BCUT2D eigenvalue weighted by atomic mass is 10.1. The van der Waals surface area contributed by atoms with Crippen LogP contribution < -0.4 is 10.1 Å².